The maximum atomic E-state index is 5.70. The van der Waals surface area contributed by atoms with E-state index in [9.17, 15) is 0 Å². The lowest BCUT2D eigenvalue weighted by Crippen LogP contribution is -2.36. The van der Waals surface area contributed by atoms with Crippen LogP contribution in [-0.2, 0) is 4.74 Å². The molecule has 4 heteroatoms. The molecule has 0 aromatic rings. The van der Waals surface area contributed by atoms with Crippen LogP contribution in [0, 0.1) is 0 Å². The molecule has 1 atom stereocenters. The second-order valence-corrected chi connectivity index (χ2v) is 4.92. The van der Waals surface area contributed by atoms with Gasteiger partial charge in [-0.15, -0.1) is 0 Å². The molecule has 0 amide bonds. The van der Waals surface area contributed by atoms with Crippen LogP contribution in [0.5, 0.6) is 0 Å². The summed E-state index contributed by atoms with van der Waals surface area (Å²) in [6.07, 6.45) is 4.27. The molecule has 0 aromatic heterocycles. The molecule has 0 spiro atoms. The van der Waals surface area contributed by atoms with Crippen molar-refractivity contribution in [3.05, 3.63) is 0 Å². The van der Waals surface area contributed by atoms with Crippen LogP contribution >= 0.6 is 0 Å². The lowest BCUT2D eigenvalue weighted by molar-refractivity contribution is 0.0743. The first-order valence-corrected chi connectivity index (χ1v) is 6.65. The van der Waals surface area contributed by atoms with Crippen LogP contribution in [0.2, 0.25) is 0 Å². The standard InChI is InChI=1S/C12H25N3O/c13-4-7-14-5-2-6-15(9-8-14)11-12-3-1-10-16-12/h12H,1-11,13H2. The van der Waals surface area contributed by atoms with E-state index in [0.29, 0.717) is 6.10 Å². The Labute approximate surface area is 98.7 Å². The van der Waals surface area contributed by atoms with Crippen molar-refractivity contribution >= 4 is 0 Å². The second kappa shape index (κ2) is 6.55. The van der Waals surface area contributed by atoms with Crippen molar-refractivity contribution < 1.29 is 4.74 Å². The summed E-state index contributed by atoms with van der Waals surface area (Å²) in [5, 5.41) is 0. The van der Waals surface area contributed by atoms with E-state index in [2.05, 4.69) is 9.80 Å². The van der Waals surface area contributed by atoms with E-state index in [1.165, 1.54) is 45.4 Å². The molecule has 4 nitrogen and oxygen atoms in total. The lowest BCUT2D eigenvalue weighted by atomic mass is 10.2. The zero-order valence-corrected chi connectivity index (χ0v) is 10.2. The monoisotopic (exact) mass is 227 g/mol. The van der Waals surface area contributed by atoms with Crippen molar-refractivity contribution in [3.63, 3.8) is 0 Å². The van der Waals surface area contributed by atoms with Gasteiger partial charge < -0.3 is 15.4 Å². The summed E-state index contributed by atoms with van der Waals surface area (Å²) in [5.41, 5.74) is 5.60. The molecule has 2 aliphatic heterocycles. The first kappa shape index (κ1) is 12.3. The highest BCUT2D eigenvalue weighted by molar-refractivity contribution is 4.75. The molecule has 2 heterocycles. The summed E-state index contributed by atoms with van der Waals surface area (Å²) >= 11 is 0. The van der Waals surface area contributed by atoms with Crippen LogP contribution in [0.3, 0.4) is 0 Å². The number of hydrogen-bond donors (Lipinski definition) is 1. The van der Waals surface area contributed by atoms with E-state index in [1.807, 2.05) is 0 Å². The van der Waals surface area contributed by atoms with Gasteiger partial charge in [-0.1, -0.05) is 0 Å². The first-order valence-electron chi connectivity index (χ1n) is 6.65. The van der Waals surface area contributed by atoms with Crippen LogP contribution in [0.15, 0.2) is 0 Å². The Bertz CT molecular complexity index is 195. The largest absolute Gasteiger partial charge is 0.377 e. The van der Waals surface area contributed by atoms with Crippen molar-refractivity contribution in [2.24, 2.45) is 5.73 Å². The van der Waals surface area contributed by atoms with E-state index in [1.54, 1.807) is 0 Å². The Kier molecular flexibility index (Phi) is 5.03. The average molecular weight is 227 g/mol. The van der Waals surface area contributed by atoms with Gasteiger partial charge in [0.1, 0.15) is 0 Å². The third-order valence-corrected chi connectivity index (χ3v) is 3.61. The van der Waals surface area contributed by atoms with Crippen molar-refractivity contribution in [2.75, 3.05) is 52.4 Å². The van der Waals surface area contributed by atoms with Gasteiger partial charge in [-0.05, 0) is 32.4 Å². The molecule has 2 saturated heterocycles. The van der Waals surface area contributed by atoms with Crippen LogP contribution in [0.1, 0.15) is 19.3 Å². The molecule has 0 aliphatic carbocycles. The summed E-state index contributed by atoms with van der Waals surface area (Å²) < 4.78 is 5.70. The van der Waals surface area contributed by atoms with E-state index in [0.717, 1.165) is 26.2 Å². The van der Waals surface area contributed by atoms with Crippen molar-refractivity contribution in [1.82, 2.24) is 9.80 Å². The Morgan fingerprint density at radius 3 is 2.62 bits per heavy atom. The first-order chi connectivity index (χ1) is 7.88. The molecule has 0 bridgehead atoms. The highest BCUT2D eigenvalue weighted by atomic mass is 16.5. The van der Waals surface area contributed by atoms with Crippen LogP contribution < -0.4 is 5.73 Å². The molecular weight excluding hydrogens is 202 g/mol. The molecule has 0 saturated carbocycles. The number of hydrogen-bond acceptors (Lipinski definition) is 4. The smallest absolute Gasteiger partial charge is 0.0702 e. The number of nitrogens with two attached hydrogens (primary N) is 1. The number of rotatable bonds is 4. The van der Waals surface area contributed by atoms with Gasteiger partial charge in [0.25, 0.3) is 0 Å². The molecular formula is C12H25N3O. The van der Waals surface area contributed by atoms with Crippen LogP contribution in [-0.4, -0.2) is 68.3 Å². The molecule has 1 unspecified atom stereocenters. The fourth-order valence-corrected chi connectivity index (χ4v) is 2.69. The molecule has 2 fully saturated rings. The summed E-state index contributed by atoms with van der Waals surface area (Å²) in [6, 6.07) is 0. The zero-order chi connectivity index (χ0) is 11.2. The van der Waals surface area contributed by atoms with Gasteiger partial charge in [0, 0.05) is 39.3 Å². The van der Waals surface area contributed by atoms with Gasteiger partial charge in [0.05, 0.1) is 6.10 Å². The Hall–Kier alpha value is -0.160. The Morgan fingerprint density at radius 1 is 1.06 bits per heavy atom. The topological polar surface area (TPSA) is 41.7 Å². The van der Waals surface area contributed by atoms with Gasteiger partial charge in [-0.3, -0.25) is 4.90 Å². The van der Waals surface area contributed by atoms with E-state index in [4.69, 9.17) is 10.5 Å². The predicted octanol–water partition coefficient (Wildman–Crippen LogP) is 0.132. The SMILES string of the molecule is NCCN1CCCN(CC2CCCO2)CC1. The maximum Gasteiger partial charge on any atom is 0.0702 e. The van der Waals surface area contributed by atoms with Gasteiger partial charge in [-0.25, -0.2) is 0 Å². The second-order valence-electron chi connectivity index (χ2n) is 4.92. The van der Waals surface area contributed by atoms with Crippen molar-refractivity contribution in [2.45, 2.75) is 25.4 Å². The van der Waals surface area contributed by atoms with E-state index < -0.39 is 0 Å². The van der Waals surface area contributed by atoms with Crippen molar-refractivity contribution in [3.8, 4) is 0 Å². The predicted molar refractivity (Wildman–Crippen MR) is 65.5 cm³/mol. The number of ether oxygens (including phenoxy) is 1. The number of nitrogens with zero attached hydrogens (tertiary/aromatic N) is 2. The van der Waals surface area contributed by atoms with Crippen LogP contribution in [0.4, 0.5) is 0 Å². The van der Waals surface area contributed by atoms with E-state index >= 15 is 0 Å². The third-order valence-electron chi connectivity index (χ3n) is 3.61. The summed E-state index contributed by atoms with van der Waals surface area (Å²) in [6.45, 7) is 8.72. The quantitative estimate of drug-likeness (QED) is 0.741. The summed E-state index contributed by atoms with van der Waals surface area (Å²) in [7, 11) is 0. The maximum absolute atomic E-state index is 5.70. The average Bonchev–Trinajstić information content (AvgIpc) is 2.68. The third kappa shape index (κ3) is 3.70. The molecule has 0 aromatic carbocycles. The fraction of sp³-hybridized carbons (Fsp3) is 1.00. The highest BCUT2D eigenvalue weighted by Crippen LogP contribution is 2.14. The molecule has 16 heavy (non-hydrogen) atoms. The minimum absolute atomic E-state index is 0.501. The Morgan fingerprint density at radius 2 is 1.88 bits per heavy atom. The minimum Gasteiger partial charge on any atom is -0.377 e. The van der Waals surface area contributed by atoms with Gasteiger partial charge in [0.15, 0.2) is 0 Å². The fourth-order valence-electron chi connectivity index (χ4n) is 2.69. The summed E-state index contributed by atoms with van der Waals surface area (Å²) in [4.78, 5) is 5.04. The van der Waals surface area contributed by atoms with Gasteiger partial charge >= 0.3 is 0 Å². The zero-order valence-electron chi connectivity index (χ0n) is 10.2. The lowest BCUT2D eigenvalue weighted by Gasteiger charge is -2.23. The highest BCUT2D eigenvalue weighted by Gasteiger charge is 2.21. The summed E-state index contributed by atoms with van der Waals surface area (Å²) in [5.74, 6) is 0. The van der Waals surface area contributed by atoms with Gasteiger partial charge in [-0.2, -0.15) is 0 Å². The molecule has 94 valence electrons. The molecule has 2 aliphatic rings. The normalized spacial score (nSPS) is 29.4. The van der Waals surface area contributed by atoms with Crippen molar-refractivity contribution in [1.29, 1.82) is 0 Å². The van der Waals surface area contributed by atoms with Gasteiger partial charge in [0.2, 0.25) is 0 Å². The molecule has 2 rings (SSSR count). The Balaban J connectivity index is 1.70. The van der Waals surface area contributed by atoms with E-state index in [-0.39, 0.29) is 0 Å². The molecule has 0 radical (unpaired) electrons. The van der Waals surface area contributed by atoms with Crippen LogP contribution in [0.25, 0.3) is 0 Å². The molecule has 2 N–H and O–H groups in total. The minimum atomic E-state index is 0.501.